The molecule has 0 unspecified atom stereocenters. The third-order valence-corrected chi connectivity index (χ3v) is 3.49. The highest BCUT2D eigenvalue weighted by Crippen LogP contribution is 2.17. The lowest BCUT2D eigenvalue weighted by Crippen LogP contribution is -2.25. The van der Waals surface area contributed by atoms with E-state index in [4.69, 9.17) is 9.02 Å². The number of aromatic nitrogens is 2. The third kappa shape index (κ3) is 4.82. The molecular weight excluding hydrogens is 286 g/mol. The molecule has 0 fully saturated rings. The summed E-state index contributed by atoms with van der Waals surface area (Å²) in [5, 5.41) is 3.83. The van der Waals surface area contributed by atoms with Crippen molar-refractivity contribution >= 4 is 16.0 Å². The van der Waals surface area contributed by atoms with E-state index in [2.05, 4.69) is 10.6 Å². The number of hydroxylamine groups is 1. The fourth-order valence-electron chi connectivity index (χ4n) is 1.37. The van der Waals surface area contributed by atoms with Gasteiger partial charge < -0.3 is 4.18 Å². The van der Waals surface area contributed by atoms with E-state index in [9.17, 15) is 13.2 Å². The Labute approximate surface area is 118 Å². The van der Waals surface area contributed by atoms with Crippen LogP contribution < -0.4 is 9.66 Å². The SMILES string of the molecule is CCCONC(=O)c1cn(C)nc1OS(=O)(=O)CCC. The van der Waals surface area contributed by atoms with E-state index in [1.165, 1.54) is 10.9 Å². The first-order valence-electron chi connectivity index (χ1n) is 6.27. The molecule has 0 aliphatic rings. The van der Waals surface area contributed by atoms with Crippen molar-refractivity contribution in [2.24, 2.45) is 7.05 Å². The maximum absolute atomic E-state index is 11.8. The summed E-state index contributed by atoms with van der Waals surface area (Å²) in [5.74, 6) is -0.997. The number of nitrogens with zero attached hydrogens (tertiary/aromatic N) is 2. The fourth-order valence-corrected chi connectivity index (χ4v) is 2.32. The molecule has 1 aromatic rings. The summed E-state index contributed by atoms with van der Waals surface area (Å²) in [4.78, 5) is 16.7. The molecule has 0 bridgehead atoms. The van der Waals surface area contributed by atoms with Gasteiger partial charge in [-0.25, -0.2) is 5.48 Å². The van der Waals surface area contributed by atoms with Gasteiger partial charge in [0.05, 0.1) is 12.4 Å². The predicted molar refractivity (Wildman–Crippen MR) is 71.6 cm³/mol. The van der Waals surface area contributed by atoms with Gasteiger partial charge in [-0.15, -0.1) is 5.10 Å². The topological polar surface area (TPSA) is 99.5 Å². The molecule has 114 valence electrons. The maximum Gasteiger partial charge on any atom is 0.310 e. The average Bonchev–Trinajstić information content (AvgIpc) is 2.69. The van der Waals surface area contributed by atoms with Gasteiger partial charge in [-0.05, 0) is 12.8 Å². The van der Waals surface area contributed by atoms with Crippen LogP contribution in [0.15, 0.2) is 6.20 Å². The number of hydrogen-bond acceptors (Lipinski definition) is 6. The number of carbonyl (C=O) groups is 1. The molecule has 0 aliphatic heterocycles. The molecule has 0 radical (unpaired) electrons. The minimum Gasteiger partial charge on any atom is -0.359 e. The van der Waals surface area contributed by atoms with Gasteiger partial charge in [-0.3, -0.25) is 14.3 Å². The first-order chi connectivity index (χ1) is 9.39. The van der Waals surface area contributed by atoms with E-state index < -0.39 is 16.0 Å². The second-order valence-corrected chi connectivity index (χ2v) is 5.84. The summed E-state index contributed by atoms with van der Waals surface area (Å²) in [6.07, 6.45) is 2.51. The second kappa shape index (κ2) is 7.25. The quantitative estimate of drug-likeness (QED) is 0.429. The Bertz CT molecular complexity index is 552. The molecular formula is C11H19N3O5S. The van der Waals surface area contributed by atoms with Crippen molar-refractivity contribution in [3.05, 3.63) is 11.8 Å². The van der Waals surface area contributed by atoms with Gasteiger partial charge in [0.1, 0.15) is 5.56 Å². The number of carbonyl (C=O) groups excluding carboxylic acids is 1. The number of hydrogen-bond donors (Lipinski definition) is 1. The lowest BCUT2D eigenvalue weighted by molar-refractivity contribution is 0.0314. The van der Waals surface area contributed by atoms with Crippen LogP contribution in [0.1, 0.15) is 37.0 Å². The molecule has 0 saturated heterocycles. The minimum absolute atomic E-state index is 0.00304. The Hall–Kier alpha value is -1.61. The number of amides is 1. The van der Waals surface area contributed by atoms with Crippen molar-refractivity contribution in [3.63, 3.8) is 0 Å². The summed E-state index contributed by atoms with van der Waals surface area (Å²) in [7, 11) is -2.19. The van der Waals surface area contributed by atoms with Crippen LogP contribution in [0.2, 0.25) is 0 Å². The predicted octanol–water partition coefficient (Wildman–Crippen LogP) is 0.610. The summed E-state index contributed by atoms with van der Waals surface area (Å²) in [6.45, 7) is 3.96. The molecule has 8 nitrogen and oxygen atoms in total. The molecule has 0 aromatic carbocycles. The van der Waals surface area contributed by atoms with Crippen molar-refractivity contribution in [1.82, 2.24) is 15.3 Å². The zero-order valence-electron chi connectivity index (χ0n) is 11.7. The highest BCUT2D eigenvalue weighted by atomic mass is 32.2. The first kappa shape index (κ1) is 16.4. The molecule has 1 aromatic heterocycles. The summed E-state index contributed by atoms with van der Waals surface area (Å²) >= 11 is 0. The van der Waals surface area contributed by atoms with E-state index >= 15 is 0 Å². The van der Waals surface area contributed by atoms with Crippen LogP contribution in [-0.4, -0.2) is 36.5 Å². The second-order valence-electron chi connectivity index (χ2n) is 4.15. The van der Waals surface area contributed by atoms with E-state index in [1.807, 2.05) is 6.92 Å². The molecule has 0 aliphatic carbocycles. The summed E-state index contributed by atoms with van der Waals surface area (Å²) in [6, 6.07) is 0. The Kier molecular flexibility index (Phi) is 5.96. The van der Waals surface area contributed by atoms with Crippen LogP contribution in [0, 0.1) is 0 Å². The molecule has 20 heavy (non-hydrogen) atoms. The molecule has 9 heteroatoms. The minimum atomic E-state index is -3.75. The highest BCUT2D eigenvalue weighted by molar-refractivity contribution is 7.87. The van der Waals surface area contributed by atoms with Gasteiger partial charge in [0, 0.05) is 13.2 Å². The van der Waals surface area contributed by atoms with Gasteiger partial charge in [0.2, 0.25) is 0 Å². The number of nitrogens with one attached hydrogen (secondary N) is 1. The lowest BCUT2D eigenvalue weighted by Gasteiger charge is -2.06. The molecule has 1 N–H and O–H groups in total. The Balaban J connectivity index is 2.85. The molecule has 1 amide bonds. The molecule has 0 spiro atoms. The highest BCUT2D eigenvalue weighted by Gasteiger charge is 2.22. The van der Waals surface area contributed by atoms with Gasteiger partial charge in [-0.2, -0.15) is 8.42 Å². The molecule has 1 heterocycles. The van der Waals surface area contributed by atoms with Crippen LogP contribution in [-0.2, 0) is 22.0 Å². The van der Waals surface area contributed by atoms with Crippen molar-refractivity contribution in [1.29, 1.82) is 0 Å². The van der Waals surface area contributed by atoms with Crippen molar-refractivity contribution in [3.8, 4) is 5.88 Å². The van der Waals surface area contributed by atoms with E-state index in [0.29, 0.717) is 13.0 Å². The Morgan fingerprint density at radius 1 is 1.40 bits per heavy atom. The summed E-state index contributed by atoms with van der Waals surface area (Å²) < 4.78 is 29.4. The normalized spacial score (nSPS) is 11.3. The fraction of sp³-hybridized carbons (Fsp3) is 0.636. The van der Waals surface area contributed by atoms with Gasteiger partial charge in [-0.1, -0.05) is 13.8 Å². The largest absolute Gasteiger partial charge is 0.359 e. The first-order valence-corrected chi connectivity index (χ1v) is 7.85. The molecule has 0 saturated carbocycles. The molecule has 1 rings (SSSR count). The van der Waals surface area contributed by atoms with Crippen molar-refractivity contribution in [2.75, 3.05) is 12.4 Å². The van der Waals surface area contributed by atoms with Gasteiger partial charge in [0.25, 0.3) is 11.8 Å². The van der Waals surface area contributed by atoms with E-state index in [-0.39, 0.29) is 17.2 Å². The zero-order valence-corrected chi connectivity index (χ0v) is 12.6. The van der Waals surface area contributed by atoms with Crippen molar-refractivity contribution < 1.29 is 22.2 Å². The monoisotopic (exact) mass is 305 g/mol. The summed E-state index contributed by atoms with van der Waals surface area (Å²) in [5.41, 5.74) is 2.21. The standard InChI is InChI=1S/C11H19N3O5S/c1-4-6-18-13-10(15)9-8-14(3)12-11(9)19-20(16,17)7-5-2/h8H,4-7H2,1-3H3,(H,13,15). The average molecular weight is 305 g/mol. The van der Waals surface area contributed by atoms with Crippen LogP contribution in [0.25, 0.3) is 0 Å². The van der Waals surface area contributed by atoms with Crippen LogP contribution in [0.4, 0.5) is 0 Å². The molecule has 0 atom stereocenters. The number of aryl methyl sites for hydroxylation is 1. The van der Waals surface area contributed by atoms with Crippen LogP contribution in [0.3, 0.4) is 0 Å². The van der Waals surface area contributed by atoms with E-state index in [0.717, 1.165) is 6.42 Å². The smallest absolute Gasteiger partial charge is 0.310 e. The Morgan fingerprint density at radius 3 is 2.70 bits per heavy atom. The number of rotatable bonds is 8. The zero-order chi connectivity index (χ0) is 15.2. The lowest BCUT2D eigenvalue weighted by atomic mass is 10.3. The van der Waals surface area contributed by atoms with Crippen LogP contribution in [0.5, 0.6) is 5.88 Å². The maximum atomic E-state index is 11.8. The van der Waals surface area contributed by atoms with Gasteiger partial charge >= 0.3 is 10.1 Å². The van der Waals surface area contributed by atoms with Gasteiger partial charge in [0.15, 0.2) is 0 Å². The van der Waals surface area contributed by atoms with Crippen molar-refractivity contribution in [2.45, 2.75) is 26.7 Å². The van der Waals surface area contributed by atoms with E-state index in [1.54, 1.807) is 14.0 Å². The van der Waals surface area contributed by atoms with Crippen LogP contribution >= 0.6 is 0 Å². The Morgan fingerprint density at radius 2 is 2.10 bits per heavy atom. The third-order valence-electron chi connectivity index (χ3n) is 2.17.